The number of anilines is 1. The number of nitrogens with zero attached hydrogens (tertiary/aromatic N) is 1. The van der Waals surface area contributed by atoms with E-state index in [4.69, 9.17) is 14.2 Å². The van der Waals surface area contributed by atoms with Crippen molar-refractivity contribution in [1.29, 1.82) is 0 Å². The molecule has 2 aromatic rings. The molecule has 1 amide bonds. The van der Waals surface area contributed by atoms with Gasteiger partial charge in [-0.3, -0.25) is 14.9 Å². The van der Waals surface area contributed by atoms with Crippen LogP contribution in [0.1, 0.15) is 17.3 Å². The summed E-state index contributed by atoms with van der Waals surface area (Å²) >= 11 is 0. The number of rotatable bonds is 5. The monoisotopic (exact) mass is 390 g/mol. The van der Waals surface area contributed by atoms with Crippen LogP contribution in [0.5, 0.6) is 11.5 Å². The van der Waals surface area contributed by atoms with Crippen molar-refractivity contribution in [3.05, 3.63) is 57.9 Å². The minimum Gasteiger partial charge on any atom is -0.486 e. The lowest BCUT2D eigenvalue weighted by Gasteiger charge is -2.19. The van der Waals surface area contributed by atoms with Gasteiger partial charge >= 0.3 is 11.7 Å². The first-order chi connectivity index (χ1) is 13.3. The molecule has 0 saturated heterocycles. The number of ether oxygens (including phenoxy) is 3. The van der Waals surface area contributed by atoms with Crippen LogP contribution in [0.15, 0.2) is 36.4 Å². The van der Waals surface area contributed by atoms with E-state index in [-0.39, 0.29) is 11.3 Å². The van der Waals surface area contributed by atoms with Gasteiger partial charge in [-0.25, -0.2) is 4.79 Å². The van der Waals surface area contributed by atoms with Gasteiger partial charge in [-0.1, -0.05) is 0 Å². The second-order valence-corrected chi connectivity index (χ2v) is 5.82. The van der Waals surface area contributed by atoms with Crippen molar-refractivity contribution in [2.45, 2.75) is 13.0 Å². The summed E-state index contributed by atoms with van der Waals surface area (Å²) in [6.45, 7) is 2.10. The zero-order chi connectivity index (χ0) is 20.3. The van der Waals surface area contributed by atoms with E-state index >= 15 is 0 Å². The Hall–Kier alpha value is -3.69. The molecule has 0 fully saturated rings. The number of hydrogen-bond donors (Lipinski definition) is 1. The van der Waals surface area contributed by atoms with E-state index in [0.717, 1.165) is 18.2 Å². The van der Waals surface area contributed by atoms with Gasteiger partial charge in [-0.2, -0.15) is 4.39 Å². The number of carbonyl (C=O) groups excluding carboxylic acids is 2. The van der Waals surface area contributed by atoms with E-state index in [1.165, 1.54) is 19.1 Å². The van der Waals surface area contributed by atoms with E-state index < -0.39 is 34.4 Å². The molecule has 0 saturated carbocycles. The van der Waals surface area contributed by atoms with Crippen molar-refractivity contribution >= 4 is 23.3 Å². The SMILES string of the molecule is C[C@@H](OC(=O)c1ccc2c(c1)OCCO2)C(=O)Nc1ccc(F)c([N+](=O)[O-])c1. The molecule has 28 heavy (non-hydrogen) atoms. The van der Waals surface area contributed by atoms with E-state index in [2.05, 4.69) is 5.32 Å². The summed E-state index contributed by atoms with van der Waals surface area (Å²) in [5.41, 5.74) is -0.611. The van der Waals surface area contributed by atoms with Crippen molar-refractivity contribution in [3.8, 4) is 11.5 Å². The first-order valence-electron chi connectivity index (χ1n) is 8.20. The van der Waals surface area contributed by atoms with Crippen molar-refractivity contribution in [3.63, 3.8) is 0 Å². The molecule has 0 unspecified atom stereocenters. The topological polar surface area (TPSA) is 117 Å². The Bertz CT molecular complexity index is 948. The van der Waals surface area contributed by atoms with Gasteiger partial charge in [-0.15, -0.1) is 0 Å². The van der Waals surface area contributed by atoms with E-state index in [1.54, 1.807) is 6.07 Å². The van der Waals surface area contributed by atoms with Crippen molar-refractivity contribution in [2.75, 3.05) is 18.5 Å². The van der Waals surface area contributed by atoms with E-state index in [9.17, 15) is 24.1 Å². The maximum atomic E-state index is 13.4. The van der Waals surface area contributed by atoms with E-state index in [1.807, 2.05) is 0 Å². The zero-order valence-electron chi connectivity index (χ0n) is 14.6. The zero-order valence-corrected chi connectivity index (χ0v) is 14.6. The molecule has 0 bridgehead atoms. The highest BCUT2D eigenvalue weighted by molar-refractivity contribution is 5.97. The summed E-state index contributed by atoms with van der Waals surface area (Å²) in [6, 6.07) is 7.39. The number of esters is 1. The third-order valence-corrected chi connectivity index (χ3v) is 3.84. The summed E-state index contributed by atoms with van der Waals surface area (Å²) in [4.78, 5) is 34.3. The molecule has 2 aromatic carbocycles. The summed E-state index contributed by atoms with van der Waals surface area (Å²) in [7, 11) is 0. The number of fused-ring (bicyclic) bond motifs is 1. The largest absolute Gasteiger partial charge is 0.486 e. The number of benzene rings is 2. The van der Waals surface area contributed by atoms with Crippen LogP contribution in [-0.2, 0) is 9.53 Å². The Morgan fingerprint density at radius 3 is 2.61 bits per heavy atom. The Kier molecular flexibility index (Phi) is 5.39. The predicted molar refractivity (Wildman–Crippen MR) is 94.0 cm³/mol. The fraction of sp³-hybridized carbons (Fsp3) is 0.222. The molecular weight excluding hydrogens is 375 g/mol. The molecular formula is C18H15FN2O7. The first-order valence-corrected chi connectivity index (χ1v) is 8.20. The molecule has 9 nitrogen and oxygen atoms in total. The lowest BCUT2D eigenvalue weighted by Crippen LogP contribution is -2.30. The highest BCUT2D eigenvalue weighted by atomic mass is 19.1. The quantitative estimate of drug-likeness (QED) is 0.474. The Labute approximate surface area is 158 Å². The van der Waals surface area contributed by atoms with Crippen LogP contribution in [0, 0.1) is 15.9 Å². The number of nitrogens with one attached hydrogen (secondary N) is 1. The second kappa shape index (κ2) is 7.91. The maximum Gasteiger partial charge on any atom is 0.339 e. The fourth-order valence-corrected chi connectivity index (χ4v) is 2.43. The number of amides is 1. The molecule has 10 heteroatoms. The number of nitro benzene ring substituents is 1. The molecule has 1 aliphatic heterocycles. The summed E-state index contributed by atoms with van der Waals surface area (Å²) in [5, 5.41) is 13.1. The van der Waals surface area contributed by atoms with Crippen LogP contribution >= 0.6 is 0 Å². The Morgan fingerprint density at radius 2 is 1.89 bits per heavy atom. The molecule has 1 heterocycles. The minimum atomic E-state index is -1.20. The Balaban J connectivity index is 1.65. The van der Waals surface area contributed by atoms with Crippen LogP contribution in [0.25, 0.3) is 0 Å². The molecule has 3 rings (SSSR count). The van der Waals surface area contributed by atoms with Gasteiger partial charge in [-0.05, 0) is 37.3 Å². The third-order valence-electron chi connectivity index (χ3n) is 3.84. The van der Waals surface area contributed by atoms with Crippen molar-refractivity contribution in [2.24, 2.45) is 0 Å². The van der Waals surface area contributed by atoms with Gasteiger partial charge in [0.05, 0.1) is 10.5 Å². The minimum absolute atomic E-state index is 0.000304. The molecule has 0 spiro atoms. The van der Waals surface area contributed by atoms with Gasteiger partial charge in [0.25, 0.3) is 5.91 Å². The van der Waals surface area contributed by atoms with Gasteiger partial charge < -0.3 is 19.5 Å². The Morgan fingerprint density at radius 1 is 1.18 bits per heavy atom. The van der Waals surface area contributed by atoms with Crippen LogP contribution in [-0.4, -0.2) is 36.1 Å². The normalized spacial score (nSPS) is 13.4. The highest BCUT2D eigenvalue weighted by Crippen LogP contribution is 2.31. The van der Waals surface area contributed by atoms with Gasteiger partial charge in [0.2, 0.25) is 5.82 Å². The van der Waals surface area contributed by atoms with Crippen LogP contribution in [0.3, 0.4) is 0 Å². The van der Waals surface area contributed by atoms with Crippen LogP contribution in [0.4, 0.5) is 15.8 Å². The number of halogens is 1. The maximum absolute atomic E-state index is 13.4. The number of nitro groups is 1. The molecule has 1 aliphatic rings. The molecule has 1 N–H and O–H groups in total. The van der Waals surface area contributed by atoms with Crippen molar-refractivity contribution in [1.82, 2.24) is 0 Å². The second-order valence-electron chi connectivity index (χ2n) is 5.82. The molecule has 1 atom stereocenters. The predicted octanol–water partition coefficient (Wildman–Crippen LogP) is 2.69. The van der Waals surface area contributed by atoms with Crippen molar-refractivity contribution < 1.29 is 33.1 Å². The van der Waals surface area contributed by atoms with Crippen LogP contribution in [0.2, 0.25) is 0 Å². The lowest BCUT2D eigenvalue weighted by atomic mass is 10.2. The summed E-state index contributed by atoms with van der Waals surface area (Å²) in [6.07, 6.45) is -1.20. The smallest absolute Gasteiger partial charge is 0.339 e. The number of hydrogen-bond acceptors (Lipinski definition) is 7. The lowest BCUT2D eigenvalue weighted by molar-refractivity contribution is -0.387. The number of carbonyl (C=O) groups is 2. The third kappa shape index (κ3) is 4.17. The fourth-order valence-electron chi connectivity index (χ4n) is 2.43. The summed E-state index contributed by atoms with van der Waals surface area (Å²) in [5.74, 6) is -1.61. The summed E-state index contributed by atoms with van der Waals surface area (Å²) < 4.78 is 29.2. The standard InChI is InChI=1S/C18H15FN2O7/c1-10(17(22)20-12-3-4-13(19)14(9-12)21(24)25)28-18(23)11-2-5-15-16(8-11)27-7-6-26-15/h2-5,8-10H,6-7H2,1H3,(H,20,22)/t10-/m1/s1. The molecule has 0 aliphatic carbocycles. The van der Waals surface area contributed by atoms with E-state index in [0.29, 0.717) is 24.7 Å². The highest BCUT2D eigenvalue weighted by Gasteiger charge is 2.22. The van der Waals surface area contributed by atoms with Gasteiger partial charge in [0.1, 0.15) is 13.2 Å². The van der Waals surface area contributed by atoms with Gasteiger partial charge in [0.15, 0.2) is 17.6 Å². The van der Waals surface area contributed by atoms with Crippen LogP contribution < -0.4 is 14.8 Å². The molecule has 0 aromatic heterocycles. The first kappa shape index (κ1) is 19.1. The van der Waals surface area contributed by atoms with Gasteiger partial charge in [0, 0.05) is 11.8 Å². The average molecular weight is 390 g/mol. The molecule has 0 radical (unpaired) electrons. The average Bonchev–Trinajstić information content (AvgIpc) is 2.68. The molecule has 146 valence electrons.